The summed E-state index contributed by atoms with van der Waals surface area (Å²) in [7, 11) is 0. The van der Waals surface area contributed by atoms with Crippen LogP contribution in [-0.2, 0) is 14.3 Å². The first-order valence-electron chi connectivity index (χ1n) is 8.39. The Bertz CT molecular complexity index is 472. The van der Waals surface area contributed by atoms with Crippen LogP contribution in [0.1, 0.15) is 47.5 Å². The van der Waals surface area contributed by atoms with Crippen LogP contribution in [0.5, 0.6) is 0 Å². The fourth-order valence-electron chi connectivity index (χ4n) is 2.64. The van der Waals surface area contributed by atoms with Gasteiger partial charge in [-0.05, 0) is 46.1 Å². The number of rotatable bonds is 6. The summed E-state index contributed by atoms with van der Waals surface area (Å²) in [4.78, 5) is 26.4. The maximum atomic E-state index is 12.5. The number of ether oxygens (including phenoxy) is 1. The quantitative estimate of drug-likeness (QED) is 0.752. The highest BCUT2D eigenvalue weighted by atomic mass is 16.5. The van der Waals surface area contributed by atoms with E-state index in [2.05, 4.69) is 11.4 Å². The van der Waals surface area contributed by atoms with Gasteiger partial charge < -0.3 is 10.1 Å². The van der Waals surface area contributed by atoms with Gasteiger partial charge >= 0.3 is 5.97 Å². The number of likely N-dealkylation sites (tertiary alicyclic amines) is 1. The van der Waals surface area contributed by atoms with E-state index in [1.807, 2.05) is 25.7 Å². The number of carbonyl (C=O) groups is 2. The van der Waals surface area contributed by atoms with E-state index < -0.39 is 5.54 Å². The minimum absolute atomic E-state index is 0.0114. The first-order valence-corrected chi connectivity index (χ1v) is 8.39. The van der Waals surface area contributed by atoms with Crippen molar-refractivity contribution in [2.45, 2.75) is 59.0 Å². The van der Waals surface area contributed by atoms with Crippen molar-refractivity contribution in [1.82, 2.24) is 10.2 Å². The van der Waals surface area contributed by atoms with Gasteiger partial charge in [-0.1, -0.05) is 13.8 Å². The maximum absolute atomic E-state index is 12.5. The molecule has 23 heavy (non-hydrogen) atoms. The Hall–Kier alpha value is -1.61. The zero-order valence-corrected chi connectivity index (χ0v) is 14.9. The number of nitrogens with zero attached hydrogens (tertiary/aromatic N) is 2. The van der Waals surface area contributed by atoms with Crippen molar-refractivity contribution in [3.63, 3.8) is 0 Å². The van der Waals surface area contributed by atoms with E-state index in [1.54, 1.807) is 13.8 Å². The molecule has 0 aromatic heterocycles. The summed E-state index contributed by atoms with van der Waals surface area (Å²) in [6.07, 6.45) is 1.66. The molecule has 0 aromatic carbocycles. The molecule has 130 valence electrons. The standard InChI is InChI=1S/C17H29N3O3/c1-6-23-16(22)14-8-7-9-20(10-14)13(4)15(21)19-17(5,11-18)12(2)3/h12-14H,6-10H2,1-5H3,(H,19,21)/t13-,14-,17-/m1/s1. The Morgan fingerprint density at radius 2 is 2.09 bits per heavy atom. The summed E-state index contributed by atoms with van der Waals surface area (Å²) in [6, 6.07) is 1.81. The van der Waals surface area contributed by atoms with Crippen LogP contribution in [0.25, 0.3) is 0 Å². The number of piperidine rings is 1. The van der Waals surface area contributed by atoms with Crippen molar-refractivity contribution >= 4 is 11.9 Å². The number of hydrogen-bond acceptors (Lipinski definition) is 5. The fraction of sp³-hybridized carbons (Fsp3) is 0.824. The molecule has 6 heteroatoms. The second kappa shape index (κ2) is 8.30. The third-order valence-corrected chi connectivity index (χ3v) is 4.77. The van der Waals surface area contributed by atoms with Gasteiger partial charge in [0.05, 0.1) is 24.6 Å². The fourth-order valence-corrected chi connectivity index (χ4v) is 2.64. The van der Waals surface area contributed by atoms with Gasteiger partial charge in [-0.2, -0.15) is 5.26 Å². The summed E-state index contributed by atoms with van der Waals surface area (Å²) in [6.45, 7) is 10.8. The van der Waals surface area contributed by atoms with Crippen LogP contribution in [0.3, 0.4) is 0 Å². The number of nitriles is 1. The van der Waals surface area contributed by atoms with E-state index in [9.17, 15) is 14.9 Å². The van der Waals surface area contributed by atoms with Crippen LogP contribution >= 0.6 is 0 Å². The Morgan fingerprint density at radius 1 is 1.43 bits per heavy atom. The van der Waals surface area contributed by atoms with Crippen molar-refractivity contribution in [3.8, 4) is 6.07 Å². The lowest BCUT2D eigenvalue weighted by molar-refractivity contribution is -0.151. The van der Waals surface area contributed by atoms with Crippen LogP contribution in [0.15, 0.2) is 0 Å². The van der Waals surface area contributed by atoms with E-state index >= 15 is 0 Å². The third kappa shape index (κ3) is 4.93. The predicted molar refractivity (Wildman–Crippen MR) is 87.4 cm³/mol. The lowest BCUT2D eigenvalue weighted by atomic mass is 9.89. The highest BCUT2D eigenvalue weighted by Gasteiger charge is 2.35. The Balaban J connectivity index is 2.69. The Labute approximate surface area is 139 Å². The smallest absolute Gasteiger partial charge is 0.310 e. The topological polar surface area (TPSA) is 82.4 Å². The summed E-state index contributed by atoms with van der Waals surface area (Å²) >= 11 is 0. The first-order chi connectivity index (χ1) is 10.7. The van der Waals surface area contributed by atoms with E-state index in [1.165, 1.54) is 0 Å². The maximum Gasteiger partial charge on any atom is 0.310 e. The minimum atomic E-state index is -0.887. The normalized spacial score (nSPS) is 22.7. The van der Waals surface area contributed by atoms with Gasteiger partial charge in [-0.15, -0.1) is 0 Å². The molecule has 0 aromatic rings. The number of amides is 1. The zero-order chi connectivity index (χ0) is 17.6. The van der Waals surface area contributed by atoms with Gasteiger partial charge in [-0.3, -0.25) is 14.5 Å². The molecule has 3 atom stereocenters. The molecule has 1 N–H and O–H groups in total. The van der Waals surface area contributed by atoms with Crippen molar-refractivity contribution in [2.75, 3.05) is 19.7 Å². The lowest BCUT2D eigenvalue weighted by Crippen LogP contribution is -2.56. The molecule has 0 saturated carbocycles. The molecule has 1 saturated heterocycles. The monoisotopic (exact) mass is 323 g/mol. The molecule has 0 unspecified atom stereocenters. The highest BCUT2D eigenvalue weighted by molar-refractivity contribution is 5.82. The summed E-state index contributed by atoms with van der Waals surface area (Å²) < 4.78 is 5.09. The average Bonchev–Trinajstić information content (AvgIpc) is 2.54. The number of carbonyl (C=O) groups excluding carboxylic acids is 2. The van der Waals surface area contributed by atoms with Gasteiger partial charge in [0.15, 0.2) is 0 Å². The lowest BCUT2D eigenvalue weighted by Gasteiger charge is -2.37. The Morgan fingerprint density at radius 3 is 2.61 bits per heavy atom. The molecule has 0 aliphatic carbocycles. The van der Waals surface area contributed by atoms with Gasteiger partial charge in [-0.25, -0.2) is 0 Å². The molecule has 1 amide bonds. The highest BCUT2D eigenvalue weighted by Crippen LogP contribution is 2.21. The molecule has 0 radical (unpaired) electrons. The average molecular weight is 323 g/mol. The van der Waals surface area contributed by atoms with Crippen molar-refractivity contribution in [1.29, 1.82) is 5.26 Å². The van der Waals surface area contributed by atoms with E-state index in [-0.39, 0.29) is 29.8 Å². The van der Waals surface area contributed by atoms with Crippen LogP contribution in [0.4, 0.5) is 0 Å². The van der Waals surface area contributed by atoms with Crippen LogP contribution in [0.2, 0.25) is 0 Å². The molecule has 0 spiro atoms. The number of esters is 1. The van der Waals surface area contributed by atoms with Gasteiger partial charge in [0.2, 0.25) is 5.91 Å². The number of hydrogen-bond donors (Lipinski definition) is 1. The van der Waals surface area contributed by atoms with Crippen molar-refractivity contribution in [3.05, 3.63) is 0 Å². The van der Waals surface area contributed by atoms with Gasteiger partial charge in [0, 0.05) is 6.54 Å². The molecular weight excluding hydrogens is 294 g/mol. The van der Waals surface area contributed by atoms with E-state index in [4.69, 9.17) is 4.74 Å². The van der Waals surface area contributed by atoms with Gasteiger partial charge in [0.25, 0.3) is 0 Å². The van der Waals surface area contributed by atoms with Crippen LogP contribution < -0.4 is 5.32 Å². The molecule has 6 nitrogen and oxygen atoms in total. The summed E-state index contributed by atoms with van der Waals surface area (Å²) in [5, 5.41) is 12.2. The third-order valence-electron chi connectivity index (χ3n) is 4.77. The van der Waals surface area contributed by atoms with Crippen LogP contribution in [-0.4, -0.2) is 48.1 Å². The van der Waals surface area contributed by atoms with Gasteiger partial charge in [0.1, 0.15) is 5.54 Å². The largest absolute Gasteiger partial charge is 0.466 e. The predicted octanol–water partition coefficient (Wildman–Crippen LogP) is 1.70. The SMILES string of the molecule is CCOC(=O)[C@@H]1CCCN([C@H](C)C(=O)N[C@](C)(C#N)C(C)C)C1. The molecule has 1 heterocycles. The summed E-state index contributed by atoms with van der Waals surface area (Å²) in [5.41, 5.74) is -0.887. The molecule has 0 bridgehead atoms. The molecule has 1 fully saturated rings. The molecule has 1 rings (SSSR count). The molecular formula is C17H29N3O3. The number of nitrogens with one attached hydrogen (secondary N) is 1. The van der Waals surface area contributed by atoms with Crippen molar-refractivity contribution in [2.24, 2.45) is 11.8 Å². The molecule has 1 aliphatic rings. The van der Waals surface area contributed by atoms with Crippen molar-refractivity contribution < 1.29 is 14.3 Å². The summed E-state index contributed by atoms with van der Waals surface area (Å²) in [5.74, 6) is -0.523. The zero-order valence-electron chi connectivity index (χ0n) is 14.9. The molecule has 1 aliphatic heterocycles. The second-order valence-corrected chi connectivity index (χ2v) is 6.72. The minimum Gasteiger partial charge on any atom is -0.466 e. The van der Waals surface area contributed by atoms with E-state index in [0.717, 1.165) is 19.4 Å². The first kappa shape index (κ1) is 19.4. The second-order valence-electron chi connectivity index (χ2n) is 6.72. The van der Waals surface area contributed by atoms with Crippen LogP contribution in [0, 0.1) is 23.2 Å². The Kier molecular flexibility index (Phi) is 7.01. The van der Waals surface area contributed by atoms with E-state index in [0.29, 0.717) is 13.2 Å².